The van der Waals surface area contributed by atoms with Crippen LogP contribution >= 0.6 is 11.6 Å². The normalized spacial score (nSPS) is 10.2. The lowest BCUT2D eigenvalue weighted by Gasteiger charge is -2.09. The van der Waals surface area contributed by atoms with Crippen molar-refractivity contribution in [1.82, 2.24) is 4.98 Å². The fourth-order valence-electron chi connectivity index (χ4n) is 1.69. The van der Waals surface area contributed by atoms with Gasteiger partial charge in [-0.15, -0.1) is 0 Å². The summed E-state index contributed by atoms with van der Waals surface area (Å²) < 4.78 is 0. The second-order valence-corrected chi connectivity index (χ2v) is 4.02. The molecule has 0 spiro atoms. The second kappa shape index (κ2) is 4.55. The van der Waals surface area contributed by atoms with Crippen molar-refractivity contribution in [1.29, 1.82) is 0 Å². The Morgan fingerprint density at radius 2 is 1.94 bits per heavy atom. The number of carboxylic acid groups (broad SMARTS) is 1. The van der Waals surface area contributed by atoms with Crippen LogP contribution in [0.3, 0.4) is 0 Å². The van der Waals surface area contributed by atoms with Gasteiger partial charge >= 0.3 is 5.97 Å². The van der Waals surface area contributed by atoms with E-state index in [4.69, 9.17) is 16.7 Å². The molecule has 2 rings (SSSR count). The maximum absolute atomic E-state index is 11.1. The highest BCUT2D eigenvalue weighted by molar-refractivity contribution is 6.31. The maximum atomic E-state index is 11.1. The monoisotopic (exact) mass is 247 g/mol. The first-order valence-corrected chi connectivity index (χ1v) is 5.43. The average molecular weight is 248 g/mol. The first kappa shape index (κ1) is 11.6. The molecule has 4 heteroatoms. The zero-order chi connectivity index (χ0) is 12.4. The molecule has 1 aromatic carbocycles. The third-order valence-electron chi connectivity index (χ3n) is 2.57. The summed E-state index contributed by atoms with van der Waals surface area (Å²) in [7, 11) is 0. The molecule has 1 aromatic heterocycles. The summed E-state index contributed by atoms with van der Waals surface area (Å²) in [6.45, 7) is 1.86. The molecule has 1 N–H and O–H groups in total. The Labute approximate surface area is 104 Å². The van der Waals surface area contributed by atoms with E-state index in [1.165, 1.54) is 6.20 Å². The minimum Gasteiger partial charge on any atom is -0.476 e. The number of hydrogen-bond donors (Lipinski definition) is 1. The van der Waals surface area contributed by atoms with Gasteiger partial charge < -0.3 is 5.11 Å². The predicted octanol–water partition coefficient (Wildman–Crippen LogP) is 3.41. The van der Waals surface area contributed by atoms with Crippen LogP contribution in [0.15, 0.2) is 36.5 Å². The third kappa shape index (κ3) is 2.15. The largest absolute Gasteiger partial charge is 0.476 e. The molecule has 0 unspecified atom stereocenters. The van der Waals surface area contributed by atoms with Gasteiger partial charge in [0, 0.05) is 16.8 Å². The number of hydrogen-bond acceptors (Lipinski definition) is 2. The van der Waals surface area contributed by atoms with Gasteiger partial charge in [0.25, 0.3) is 0 Å². The van der Waals surface area contributed by atoms with Crippen LogP contribution in [0.2, 0.25) is 5.02 Å². The molecule has 0 fully saturated rings. The van der Waals surface area contributed by atoms with Gasteiger partial charge in [-0.25, -0.2) is 9.78 Å². The number of carboxylic acids is 1. The Balaban J connectivity index is 2.69. The smallest absolute Gasteiger partial charge is 0.355 e. The molecule has 0 aliphatic heterocycles. The van der Waals surface area contributed by atoms with E-state index in [0.29, 0.717) is 10.6 Å². The molecular weight excluding hydrogens is 238 g/mol. The average Bonchev–Trinajstić information content (AvgIpc) is 2.33. The Morgan fingerprint density at radius 3 is 2.65 bits per heavy atom. The molecule has 0 saturated carbocycles. The molecule has 0 saturated heterocycles. The predicted molar refractivity (Wildman–Crippen MR) is 66.4 cm³/mol. The molecular formula is C13H10ClNO2. The molecule has 0 atom stereocenters. The Hall–Kier alpha value is -1.87. The van der Waals surface area contributed by atoms with Crippen molar-refractivity contribution in [3.63, 3.8) is 0 Å². The lowest BCUT2D eigenvalue weighted by molar-refractivity contribution is 0.0691. The van der Waals surface area contributed by atoms with E-state index in [2.05, 4.69) is 4.98 Å². The highest BCUT2D eigenvalue weighted by Gasteiger charge is 2.14. The van der Waals surface area contributed by atoms with Crippen molar-refractivity contribution in [2.24, 2.45) is 0 Å². The van der Waals surface area contributed by atoms with Crippen LogP contribution in [-0.4, -0.2) is 16.1 Å². The van der Waals surface area contributed by atoms with Gasteiger partial charge in [-0.1, -0.05) is 29.8 Å². The van der Waals surface area contributed by atoms with E-state index >= 15 is 0 Å². The zero-order valence-corrected chi connectivity index (χ0v) is 9.90. The molecule has 0 aliphatic rings. The molecule has 0 aliphatic carbocycles. The minimum absolute atomic E-state index is 0.0397. The summed E-state index contributed by atoms with van der Waals surface area (Å²) in [6.07, 6.45) is 1.47. The van der Waals surface area contributed by atoms with Crippen LogP contribution in [0.1, 0.15) is 16.1 Å². The number of pyridine rings is 1. The number of benzene rings is 1. The van der Waals surface area contributed by atoms with Crippen molar-refractivity contribution in [3.8, 4) is 11.1 Å². The number of carbonyl (C=O) groups is 1. The topological polar surface area (TPSA) is 50.2 Å². The van der Waals surface area contributed by atoms with Gasteiger partial charge in [0.05, 0.1) is 0 Å². The summed E-state index contributed by atoms with van der Waals surface area (Å²) in [5.41, 5.74) is 2.27. The minimum atomic E-state index is -1.04. The molecule has 2 aromatic rings. The molecule has 86 valence electrons. The Morgan fingerprint density at radius 1 is 1.24 bits per heavy atom. The second-order valence-electron chi connectivity index (χ2n) is 3.62. The standard InChI is InChI=1S/C13H10ClNO2/c1-8-9(4-2-6-11(8)14)10-5-3-7-15-12(10)13(16)17/h2-7H,1H3,(H,16,17). The van der Waals surface area contributed by atoms with E-state index in [-0.39, 0.29) is 5.69 Å². The zero-order valence-electron chi connectivity index (χ0n) is 9.14. The van der Waals surface area contributed by atoms with Crippen LogP contribution in [0.5, 0.6) is 0 Å². The van der Waals surface area contributed by atoms with Gasteiger partial charge in [-0.2, -0.15) is 0 Å². The third-order valence-corrected chi connectivity index (χ3v) is 2.98. The molecule has 0 amide bonds. The van der Waals surface area contributed by atoms with E-state index in [9.17, 15) is 4.79 Å². The summed E-state index contributed by atoms with van der Waals surface area (Å²) in [6, 6.07) is 8.85. The van der Waals surface area contributed by atoms with Crippen molar-refractivity contribution in [2.75, 3.05) is 0 Å². The van der Waals surface area contributed by atoms with Crippen LogP contribution in [0, 0.1) is 6.92 Å². The highest BCUT2D eigenvalue weighted by Crippen LogP contribution is 2.29. The van der Waals surface area contributed by atoms with E-state index < -0.39 is 5.97 Å². The van der Waals surface area contributed by atoms with Gasteiger partial charge in [-0.3, -0.25) is 0 Å². The summed E-state index contributed by atoms with van der Waals surface area (Å²) in [4.78, 5) is 15.0. The fourth-order valence-corrected chi connectivity index (χ4v) is 1.87. The van der Waals surface area contributed by atoms with Gasteiger partial charge in [0.15, 0.2) is 5.69 Å². The first-order chi connectivity index (χ1) is 8.11. The van der Waals surface area contributed by atoms with Crippen LogP contribution in [-0.2, 0) is 0 Å². The molecule has 0 bridgehead atoms. The fraction of sp³-hybridized carbons (Fsp3) is 0.0769. The molecule has 0 radical (unpaired) electrons. The van der Waals surface area contributed by atoms with Crippen molar-refractivity contribution in [3.05, 3.63) is 52.8 Å². The maximum Gasteiger partial charge on any atom is 0.355 e. The number of aromatic carboxylic acids is 1. The summed E-state index contributed by atoms with van der Waals surface area (Å²) >= 11 is 6.03. The van der Waals surface area contributed by atoms with E-state index in [1.54, 1.807) is 24.3 Å². The van der Waals surface area contributed by atoms with Crippen molar-refractivity contribution < 1.29 is 9.90 Å². The molecule has 17 heavy (non-hydrogen) atoms. The van der Waals surface area contributed by atoms with E-state index in [0.717, 1.165) is 11.1 Å². The lowest BCUT2D eigenvalue weighted by atomic mass is 9.99. The molecule has 3 nitrogen and oxygen atoms in total. The van der Waals surface area contributed by atoms with Gasteiger partial charge in [0.2, 0.25) is 0 Å². The van der Waals surface area contributed by atoms with Gasteiger partial charge in [-0.05, 0) is 30.2 Å². The molecule has 1 heterocycles. The number of aromatic nitrogens is 1. The summed E-state index contributed by atoms with van der Waals surface area (Å²) in [5.74, 6) is -1.04. The number of halogens is 1. The van der Waals surface area contributed by atoms with Crippen molar-refractivity contribution in [2.45, 2.75) is 6.92 Å². The number of nitrogens with zero attached hydrogens (tertiary/aromatic N) is 1. The van der Waals surface area contributed by atoms with Crippen molar-refractivity contribution >= 4 is 17.6 Å². The van der Waals surface area contributed by atoms with Crippen LogP contribution in [0.4, 0.5) is 0 Å². The number of rotatable bonds is 2. The Bertz CT molecular complexity index is 581. The SMILES string of the molecule is Cc1c(Cl)cccc1-c1cccnc1C(=O)O. The van der Waals surface area contributed by atoms with Crippen LogP contribution < -0.4 is 0 Å². The summed E-state index contributed by atoms with van der Waals surface area (Å²) in [5, 5.41) is 9.71. The van der Waals surface area contributed by atoms with Crippen LogP contribution in [0.25, 0.3) is 11.1 Å². The van der Waals surface area contributed by atoms with Gasteiger partial charge in [0.1, 0.15) is 0 Å². The Kier molecular flexibility index (Phi) is 3.11. The quantitative estimate of drug-likeness (QED) is 0.885. The highest BCUT2D eigenvalue weighted by atomic mass is 35.5. The first-order valence-electron chi connectivity index (χ1n) is 5.05. The van der Waals surface area contributed by atoms with E-state index in [1.807, 2.05) is 13.0 Å². The lowest BCUT2D eigenvalue weighted by Crippen LogP contribution is -2.03.